The van der Waals surface area contributed by atoms with E-state index in [4.69, 9.17) is 36.3 Å². The molecule has 0 spiro atoms. The summed E-state index contributed by atoms with van der Waals surface area (Å²) in [6.45, 7) is -3.65. The van der Waals surface area contributed by atoms with Crippen molar-refractivity contribution in [3.05, 3.63) is 45.9 Å². The number of aliphatic hydroxyl groups excluding tert-OH is 12. The highest BCUT2D eigenvalue weighted by molar-refractivity contribution is 5.97. The van der Waals surface area contributed by atoms with Crippen LogP contribution < -0.4 is 43.4 Å². The van der Waals surface area contributed by atoms with E-state index in [2.05, 4.69) is 41.9 Å². The van der Waals surface area contributed by atoms with Gasteiger partial charge in [-0.15, -0.1) is 0 Å². The van der Waals surface area contributed by atoms with E-state index in [9.17, 15) is 119 Å². The largest absolute Gasteiger partial charge is 0.481 e. The van der Waals surface area contributed by atoms with Gasteiger partial charge in [-0.2, -0.15) is 0 Å². The summed E-state index contributed by atoms with van der Waals surface area (Å²) in [5.74, 6) is -15.9. The number of hydrogen-bond donors (Lipinski definition) is 23. The molecule has 3 rings (SSSR count). The van der Waals surface area contributed by atoms with Gasteiger partial charge in [0.2, 0.25) is 23.6 Å². The van der Waals surface area contributed by atoms with E-state index in [1.807, 2.05) is 0 Å². The zero-order chi connectivity index (χ0) is 65.6. The van der Waals surface area contributed by atoms with Gasteiger partial charge in [-0.1, -0.05) is 11.5 Å². The molecule has 0 aromatic carbocycles. The average molecular weight is 1250 g/mol. The zero-order valence-electron chi connectivity index (χ0n) is 45.9. The number of hydrogen-bond acceptors (Lipinski definition) is 27. The van der Waals surface area contributed by atoms with Gasteiger partial charge in [0.15, 0.2) is 35.6 Å². The molecule has 0 aliphatic carbocycles. The van der Waals surface area contributed by atoms with Crippen LogP contribution in [0.1, 0.15) is 57.8 Å². The minimum atomic E-state index is -2.39. The molecular weight excluding hydrogens is 1180 g/mol. The highest BCUT2D eigenvalue weighted by Gasteiger charge is 2.48. The maximum Gasteiger partial charge on any atom is 0.303 e. The quantitative estimate of drug-likeness (QED) is 0.0120. The van der Waals surface area contributed by atoms with E-state index in [0.29, 0.717) is 12.2 Å². The summed E-state index contributed by atoms with van der Waals surface area (Å²) in [5.41, 5.74) is 19.6. The van der Waals surface area contributed by atoms with Gasteiger partial charge in [-0.05, 0) is 55.9 Å². The number of aliphatic carboxylic acids is 3. The van der Waals surface area contributed by atoms with Crippen molar-refractivity contribution in [2.75, 3.05) is 26.4 Å². The number of nitrogens with zero attached hydrogens (tertiary/aromatic N) is 3. The lowest BCUT2D eigenvalue weighted by molar-refractivity contribution is -0.146. The van der Waals surface area contributed by atoms with Crippen LogP contribution in [0.5, 0.6) is 0 Å². The second-order valence-corrected chi connectivity index (χ2v) is 20.0. The van der Waals surface area contributed by atoms with E-state index < -0.39 is 250 Å². The van der Waals surface area contributed by atoms with Gasteiger partial charge < -0.3 is 134 Å². The summed E-state index contributed by atoms with van der Waals surface area (Å²) < 4.78 is 16.7. The molecule has 0 bridgehead atoms. The first-order valence-electron chi connectivity index (χ1n) is 26.6. The Bertz CT molecular complexity index is 2590. The molecule has 0 fully saturated rings. The predicted octanol–water partition coefficient (Wildman–Crippen LogP) is -11.1. The van der Waals surface area contributed by atoms with Gasteiger partial charge in [0, 0.05) is 30.7 Å². The molecule has 0 radical (unpaired) electrons. The number of carboxylic acids is 3. The number of carbonyl (C=O) groups is 10. The van der Waals surface area contributed by atoms with Gasteiger partial charge >= 0.3 is 17.9 Å². The molecule has 25 N–H and O–H groups in total. The summed E-state index contributed by atoms with van der Waals surface area (Å²) in [6.07, 6.45) is -27.7. The SMILES string of the molecule is [N-]=[N+]=N[C@@H](CCCCNC(=O)C1=C[C@H](O)[C@@H](NC(=O)[C@@H](CCC(=O)O)NC(=O)C2=C[C@H](O)[C@@H](NC(=O)[C@@H](CCC(=O)O)NC(=O)C3=C[C@H](O)[C@@H](NC(=O)[C@H](N)CCC(=O)O)[C@H]([C@H](O)[C@H](O)CO)O3)[C@H]([C@H](O)[C@H](O)CO)O2)[C@H]([C@H](O)[C@H](O)CO)O1)C(N)=O. The van der Waals surface area contributed by atoms with Crippen molar-refractivity contribution in [1.82, 2.24) is 31.9 Å². The minimum absolute atomic E-state index is 0.0172. The van der Waals surface area contributed by atoms with Gasteiger partial charge in [-0.25, -0.2) is 0 Å². The van der Waals surface area contributed by atoms with Crippen LogP contribution in [-0.4, -0.2) is 278 Å². The standard InChI is InChI=1S/C48H73N11O28/c49-17(4-7-30(69)70)43(79)55-33-22(64)12-28(86-39(33)36(75)24(66)14-60)47(83)53-20(6-9-32(73)74)45(81)57-35-23(65)13-29(87-41(35)38(77)26(68)16-62)48(84)54-19(5-8-31(71)72)44(80)56-34-21(63)11-27(85-40(34)37(76)25(67)15-61)46(82)52-10-2-1-3-18(42(50)78)58-59-51/h11-13,17-26,33-41,60-68,75-77H,1-10,14-16,49H2,(H2,50,78)(H,52,82)(H,53,83)(H,54,84)(H,55,79)(H,56,80)(H,57,81)(H,69,70)(H,71,72)(H,73,74)/t17-,18+,19-,20-,21+,22+,23+,24-,25-,26-,33-,34-,35-,36-,37-,38-,39-,40-,41-/m1/s1. The highest BCUT2D eigenvalue weighted by atomic mass is 16.5. The monoisotopic (exact) mass is 1250 g/mol. The Kier molecular flexibility index (Phi) is 29.6. The molecule has 87 heavy (non-hydrogen) atoms. The first kappa shape index (κ1) is 73.4. The van der Waals surface area contributed by atoms with Gasteiger partial charge in [0.05, 0.1) is 44.0 Å². The maximum absolute atomic E-state index is 14.0. The topological polar surface area (TPSA) is 675 Å². The van der Waals surface area contributed by atoms with E-state index in [-0.39, 0.29) is 25.8 Å². The summed E-state index contributed by atoms with van der Waals surface area (Å²) in [4.78, 5) is 130. The van der Waals surface area contributed by atoms with Gasteiger partial charge in [0.1, 0.15) is 73.1 Å². The molecule has 488 valence electrons. The zero-order valence-corrected chi connectivity index (χ0v) is 45.9. The van der Waals surface area contributed by atoms with Gasteiger partial charge in [-0.3, -0.25) is 47.9 Å². The number of aliphatic hydroxyl groups is 12. The number of nitrogens with two attached hydrogens (primary N) is 2. The lowest BCUT2D eigenvalue weighted by Gasteiger charge is -2.40. The summed E-state index contributed by atoms with van der Waals surface area (Å²) in [6, 6.07) is -12.4. The molecule has 0 unspecified atom stereocenters. The average Bonchev–Trinajstić information content (AvgIpc) is 1.27. The van der Waals surface area contributed by atoms with E-state index in [0.717, 1.165) is 6.08 Å². The van der Waals surface area contributed by atoms with E-state index in [1.165, 1.54) is 0 Å². The van der Waals surface area contributed by atoms with Crippen molar-refractivity contribution >= 4 is 59.3 Å². The van der Waals surface area contributed by atoms with Crippen molar-refractivity contribution in [2.45, 2.75) is 173 Å². The molecule has 3 aliphatic rings. The van der Waals surface area contributed by atoms with Crippen LogP contribution in [-0.2, 0) is 62.2 Å². The fourth-order valence-electron chi connectivity index (χ4n) is 8.67. The number of nitrogens with one attached hydrogen (secondary N) is 6. The Balaban J connectivity index is 1.93. The number of carbonyl (C=O) groups excluding carboxylic acids is 7. The second-order valence-electron chi connectivity index (χ2n) is 20.0. The molecule has 3 heterocycles. The summed E-state index contributed by atoms with van der Waals surface area (Å²) >= 11 is 0. The van der Waals surface area contributed by atoms with Crippen molar-refractivity contribution in [1.29, 1.82) is 0 Å². The van der Waals surface area contributed by atoms with Crippen molar-refractivity contribution in [3.8, 4) is 0 Å². The lowest BCUT2D eigenvalue weighted by atomic mass is 9.92. The Morgan fingerprint density at radius 2 is 0.885 bits per heavy atom. The van der Waals surface area contributed by atoms with Crippen molar-refractivity contribution < 1.29 is 139 Å². The number of azide groups is 1. The molecule has 39 nitrogen and oxygen atoms in total. The summed E-state index contributed by atoms with van der Waals surface area (Å²) in [7, 11) is 0. The Hall–Kier alpha value is -7.89. The third kappa shape index (κ3) is 21.8. The fourth-order valence-corrected chi connectivity index (χ4v) is 8.67. The van der Waals surface area contributed by atoms with E-state index in [1.54, 1.807) is 0 Å². The molecule has 19 atom stereocenters. The number of primary amides is 1. The van der Waals surface area contributed by atoms with Gasteiger partial charge in [0.25, 0.3) is 17.7 Å². The first-order chi connectivity index (χ1) is 40.9. The Morgan fingerprint density at radius 1 is 0.540 bits per heavy atom. The van der Waals surface area contributed by atoms with Crippen LogP contribution >= 0.6 is 0 Å². The smallest absolute Gasteiger partial charge is 0.303 e. The van der Waals surface area contributed by atoms with Crippen LogP contribution in [0.25, 0.3) is 10.4 Å². The van der Waals surface area contributed by atoms with Crippen LogP contribution in [0.3, 0.4) is 0 Å². The minimum Gasteiger partial charge on any atom is -0.481 e. The molecule has 39 heteroatoms. The first-order valence-corrected chi connectivity index (χ1v) is 26.6. The number of unbranched alkanes of at least 4 members (excludes halogenated alkanes) is 1. The molecule has 3 aliphatic heterocycles. The molecule has 0 saturated carbocycles. The molecule has 0 aromatic heterocycles. The number of amides is 7. The van der Waals surface area contributed by atoms with Crippen molar-refractivity contribution in [2.24, 2.45) is 16.6 Å². The molecule has 0 saturated heterocycles. The summed E-state index contributed by atoms with van der Waals surface area (Å²) in [5, 5.41) is 171. The third-order valence-corrected chi connectivity index (χ3v) is 13.5. The lowest BCUT2D eigenvalue weighted by Crippen LogP contribution is -2.64. The second kappa shape index (κ2) is 35.1. The normalized spacial score (nSPS) is 25.1. The number of carboxylic acid groups (broad SMARTS) is 3. The molecule has 0 aromatic rings. The Labute approximate surface area is 491 Å². The van der Waals surface area contributed by atoms with Crippen LogP contribution in [0.4, 0.5) is 0 Å². The van der Waals surface area contributed by atoms with Crippen LogP contribution in [0, 0.1) is 0 Å². The maximum atomic E-state index is 14.0. The Morgan fingerprint density at radius 3 is 1.22 bits per heavy atom. The highest BCUT2D eigenvalue weighted by Crippen LogP contribution is 2.27. The molecular formula is C48H73N11O28. The third-order valence-electron chi connectivity index (χ3n) is 13.5. The van der Waals surface area contributed by atoms with Crippen LogP contribution in [0.2, 0.25) is 0 Å². The predicted molar refractivity (Wildman–Crippen MR) is 281 cm³/mol. The molecule has 7 amide bonds. The fraction of sp³-hybridized carbons (Fsp3) is 0.667. The number of ether oxygens (including phenoxy) is 3. The van der Waals surface area contributed by atoms with E-state index >= 15 is 0 Å². The van der Waals surface area contributed by atoms with Crippen LogP contribution in [0.15, 0.2) is 40.6 Å². The number of rotatable bonds is 36. The van der Waals surface area contributed by atoms with Crippen molar-refractivity contribution in [3.63, 3.8) is 0 Å².